The second-order valence-corrected chi connectivity index (χ2v) is 3.89. The molecule has 0 spiro atoms. The molecular weight excluding hydrogens is 238 g/mol. The van der Waals surface area contributed by atoms with Crippen molar-refractivity contribution in [2.24, 2.45) is 0 Å². The minimum absolute atomic E-state index is 0.0369. The number of carboxylic acids is 1. The number of hydrogen-bond donors (Lipinski definition) is 1. The third kappa shape index (κ3) is 3.77. The Morgan fingerprint density at radius 1 is 1.25 bits per heavy atom. The highest BCUT2D eigenvalue weighted by Gasteiger charge is 2.12. The van der Waals surface area contributed by atoms with E-state index in [1.165, 1.54) is 24.3 Å². The molecule has 1 aromatic carbocycles. The van der Waals surface area contributed by atoms with E-state index < -0.39 is 17.8 Å². The SMILES string of the molecule is O=C(O)CCC(Cl)c1ccc(C(F)F)cc1. The van der Waals surface area contributed by atoms with Gasteiger partial charge in [0, 0.05) is 12.0 Å². The Hall–Kier alpha value is -1.16. The number of carbonyl (C=O) groups is 1. The van der Waals surface area contributed by atoms with Crippen LogP contribution in [0, 0.1) is 0 Å². The van der Waals surface area contributed by atoms with Crippen molar-refractivity contribution in [1.82, 2.24) is 0 Å². The van der Waals surface area contributed by atoms with Crippen molar-refractivity contribution in [3.05, 3.63) is 35.4 Å². The van der Waals surface area contributed by atoms with Crippen LogP contribution in [0.2, 0.25) is 0 Å². The molecule has 0 aromatic heterocycles. The van der Waals surface area contributed by atoms with Crippen molar-refractivity contribution in [3.63, 3.8) is 0 Å². The molecule has 1 aromatic rings. The third-order valence-corrected chi connectivity index (χ3v) is 2.63. The van der Waals surface area contributed by atoms with Crippen molar-refractivity contribution in [2.45, 2.75) is 24.6 Å². The van der Waals surface area contributed by atoms with Crippen LogP contribution in [-0.2, 0) is 4.79 Å². The zero-order valence-corrected chi connectivity index (χ0v) is 9.12. The molecule has 0 aliphatic rings. The first-order valence-electron chi connectivity index (χ1n) is 4.74. The standard InChI is InChI=1S/C11H11ClF2O2/c12-9(5-6-10(15)16)7-1-3-8(4-2-7)11(13)14/h1-4,9,11H,5-6H2,(H,15,16). The summed E-state index contributed by atoms with van der Waals surface area (Å²) in [7, 11) is 0. The largest absolute Gasteiger partial charge is 0.481 e. The molecule has 0 aliphatic carbocycles. The van der Waals surface area contributed by atoms with Gasteiger partial charge in [0.2, 0.25) is 0 Å². The van der Waals surface area contributed by atoms with E-state index in [4.69, 9.17) is 16.7 Å². The fourth-order valence-electron chi connectivity index (χ4n) is 1.27. The van der Waals surface area contributed by atoms with E-state index in [1.807, 2.05) is 0 Å². The van der Waals surface area contributed by atoms with Gasteiger partial charge >= 0.3 is 5.97 Å². The lowest BCUT2D eigenvalue weighted by atomic mass is 10.1. The molecule has 0 aliphatic heterocycles. The molecule has 1 atom stereocenters. The molecule has 88 valence electrons. The second-order valence-electron chi connectivity index (χ2n) is 3.37. The molecule has 0 fully saturated rings. The number of hydrogen-bond acceptors (Lipinski definition) is 1. The monoisotopic (exact) mass is 248 g/mol. The summed E-state index contributed by atoms with van der Waals surface area (Å²) in [5.41, 5.74) is 0.596. The maximum absolute atomic E-state index is 12.2. The van der Waals surface area contributed by atoms with E-state index in [-0.39, 0.29) is 18.4 Å². The smallest absolute Gasteiger partial charge is 0.303 e. The van der Waals surface area contributed by atoms with E-state index in [0.717, 1.165) is 0 Å². The van der Waals surface area contributed by atoms with Crippen LogP contribution < -0.4 is 0 Å². The lowest BCUT2D eigenvalue weighted by Gasteiger charge is -2.09. The van der Waals surface area contributed by atoms with Crippen LogP contribution >= 0.6 is 11.6 Å². The van der Waals surface area contributed by atoms with Crippen molar-refractivity contribution in [3.8, 4) is 0 Å². The molecule has 1 unspecified atom stereocenters. The van der Waals surface area contributed by atoms with E-state index in [9.17, 15) is 13.6 Å². The quantitative estimate of drug-likeness (QED) is 0.806. The fourth-order valence-corrected chi connectivity index (χ4v) is 1.52. The Bertz CT molecular complexity index is 352. The molecule has 1 N–H and O–H groups in total. The van der Waals surface area contributed by atoms with Gasteiger partial charge in [-0.2, -0.15) is 0 Å². The van der Waals surface area contributed by atoms with Gasteiger partial charge in [0.15, 0.2) is 0 Å². The van der Waals surface area contributed by atoms with Crippen molar-refractivity contribution in [1.29, 1.82) is 0 Å². The van der Waals surface area contributed by atoms with Crippen molar-refractivity contribution in [2.75, 3.05) is 0 Å². The summed E-state index contributed by atoms with van der Waals surface area (Å²) in [6.07, 6.45) is -2.25. The van der Waals surface area contributed by atoms with E-state index in [0.29, 0.717) is 5.56 Å². The lowest BCUT2D eigenvalue weighted by molar-refractivity contribution is -0.137. The van der Waals surface area contributed by atoms with E-state index >= 15 is 0 Å². The van der Waals surface area contributed by atoms with Crippen LogP contribution in [0.25, 0.3) is 0 Å². The molecule has 16 heavy (non-hydrogen) atoms. The van der Waals surface area contributed by atoms with Crippen LogP contribution in [0.15, 0.2) is 24.3 Å². The molecule has 0 heterocycles. The first-order chi connectivity index (χ1) is 7.50. The fraction of sp³-hybridized carbons (Fsp3) is 0.364. The van der Waals surface area contributed by atoms with Gasteiger partial charge in [-0.05, 0) is 12.0 Å². The molecule has 0 amide bonds. The maximum Gasteiger partial charge on any atom is 0.303 e. The minimum atomic E-state index is -2.50. The summed E-state index contributed by atoms with van der Waals surface area (Å²) in [6, 6.07) is 5.61. The normalized spacial score (nSPS) is 12.8. The Morgan fingerprint density at radius 2 is 1.75 bits per heavy atom. The highest BCUT2D eigenvalue weighted by Crippen LogP contribution is 2.27. The number of carboxylic acid groups (broad SMARTS) is 1. The predicted octanol–water partition coefficient (Wildman–Crippen LogP) is 3.77. The molecule has 0 saturated carbocycles. The van der Waals surface area contributed by atoms with Gasteiger partial charge in [0.05, 0.1) is 5.38 Å². The first-order valence-corrected chi connectivity index (χ1v) is 5.18. The number of rotatable bonds is 5. The zero-order chi connectivity index (χ0) is 12.1. The van der Waals surface area contributed by atoms with Gasteiger partial charge in [-0.15, -0.1) is 11.6 Å². The van der Waals surface area contributed by atoms with Crippen LogP contribution in [0.4, 0.5) is 8.78 Å². The van der Waals surface area contributed by atoms with E-state index in [2.05, 4.69) is 0 Å². The Balaban J connectivity index is 2.62. The second kappa shape index (κ2) is 5.80. The van der Waals surface area contributed by atoms with Crippen molar-refractivity contribution >= 4 is 17.6 Å². The molecule has 0 saturated heterocycles. The minimum Gasteiger partial charge on any atom is -0.481 e. The molecular formula is C11H11ClF2O2. The summed E-state index contributed by atoms with van der Waals surface area (Å²) in [6.45, 7) is 0. The molecule has 0 bridgehead atoms. The number of benzene rings is 1. The van der Waals surface area contributed by atoms with E-state index in [1.54, 1.807) is 0 Å². The Labute approximate surface area is 96.8 Å². The molecule has 1 rings (SSSR count). The molecule has 5 heteroatoms. The zero-order valence-electron chi connectivity index (χ0n) is 8.37. The molecule has 2 nitrogen and oxygen atoms in total. The van der Waals surface area contributed by atoms with Gasteiger partial charge in [0.25, 0.3) is 6.43 Å². The highest BCUT2D eigenvalue weighted by molar-refractivity contribution is 6.20. The molecule has 0 radical (unpaired) electrons. The van der Waals surface area contributed by atoms with Crippen LogP contribution in [0.3, 0.4) is 0 Å². The first kappa shape index (κ1) is 12.9. The van der Waals surface area contributed by atoms with Crippen LogP contribution in [0.1, 0.15) is 35.8 Å². The van der Waals surface area contributed by atoms with Gasteiger partial charge in [-0.3, -0.25) is 4.79 Å². The predicted molar refractivity (Wildman–Crippen MR) is 56.9 cm³/mol. The van der Waals surface area contributed by atoms with Gasteiger partial charge < -0.3 is 5.11 Å². The maximum atomic E-state index is 12.2. The number of alkyl halides is 3. The number of halogens is 3. The van der Waals surface area contributed by atoms with Crippen LogP contribution in [0.5, 0.6) is 0 Å². The van der Waals surface area contributed by atoms with Gasteiger partial charge in [-0.25, -0.2) is 8.78 Å². The third-order valence-electron chi connectivity index (χ3n) is 2.16. The average Bonchev–Trinajstić information content (AvgIpc) is 2.26. The summed E-state index contributed by atoms with van der Waals surface area (Å²) in [4.78, 5) is 10.3. The average molecular weight is 249 g/mol. The Morgan fingerprint density at radius 3 is 2.19 bits per heavy atom. The van der Waals surface area contributed by atoms with Gasteiger partial charge in [0.1, 0.15) is 0 Å². The lowest BCUT2D eigenvalue weighted by Crippen LogP contribution is -1.98. The highest BCUT2D eigenvalue weighted by atomic mass is 35.5. The summed E-state index contributed by atoms with van der Waals surface area (Å²) in [5, 5.41) is 8.01. The van der Waals surface area contributed by atoms with Gasteiger partial charge in [-0.1, -0.05) is 24.3 Å². The van der Waals surface area contributed by atoms with Crippen molar-refractivity contribution < 1.29 is 18.7 Å². The Kier molecular flexibility index (Phi) is 4.68. The summed E-state index contributed by atoms with van der Waals surface area (Å²) >= 11 is 5.93. The number of aliphatic carboxylic acids is 1. The topological polar surface area (TPSA) is 37.3 Å². The summed E-state index contributed by atoms with van der Waals surface area (Å²) < 4.78 is 24.5. The summed E-state index contributed by atoms with van der Waals surface area (Å²) in [5.74, 6) is -0.921. The van der Waals surface area contributed by atoms with Crippen LogP contribution in [-0.4, -0.2) is 11.1 Å².